The Morgan fingerprint density at radius 1 is 1.44 bits per heavy atom. The van der Waals surface area contributed by atoms with Crippen LogP contribution in [0.5, 0.6) is 0 Å². The van der Waals surface area contributed by atoms with Crippen LogP contribution in [0.25, 0.3) is 0 Å². The van der Waals surface area contributed by atoms with Crippen molar-refractivity contribution in [3.8, 4) is 0 Å². The summed E-state index contributed by atoms with van der Waals surface area (Å²) in [4.78, 5) is 13.4. The fraction of sp³-hybridized carbons (Fsp3) is 0.364. The lowest BCUT2D eigenvalue weighted by Gasteiger charge is -2.35. The van der Waals surface area contributed by atoms with Crippen molar-refractivity contribution in [3.05, 3.63) is 29.3 Å². The second-order valence-corrected chi connectivity index (χ2v) is 4.14. The molecule has 0 aromatic heterocycles. The summed E-state index contributed by atoms with van der Waals surface area (Å²) in [5.74, 6) is -0.0346. The molecule has 0 radical (unpaired) electrons. The smallest absolute Gasteiger partial charge is 0.241 e. The zero-order valence-corrected chi connectivity index (χ0v) is 9.44. The van der Waals surface area contributed by atoms with Crippen LogP contribution in [0.4, 0.5) is 5.69 Å². The number of piperazine rings is 1. The van der Waals surface area contributed by atoms with Crippen molar-refractivity contribution >= 4 is 23.2 Å². The molecule has 0 bridgehead atoms. The monoisotopic (exact) mass is 240 g/mol. The van der Waals surface area contributed by atoms with Gasteiger partial charge < -0.3 is 15.3 Å². The topological polar surface area (TPSA) is 52.6 Å². The maximum Gasteiger partial charge on any atom is 0.241 e. The molecule has 1 heterocycles. The van der Waals surface area contributed by atoms with Crippen molar-refractivity contribution in [1.82, 2.24) is 5.32 Å². The fourth-order valence-corrected chi connectivity index (χ4v) is 1.95. The van der Waals surface area contributed by atoms with Crippen molar-refractivity contribution in [2.75, 3.05) is 24.6 Å². The van der Waals surface area contributed by atoms with E-state index in [1.807, 2.05) is 0 Å². The van der Waals surface area contributed by atoms with Gasteiger partial charge in [-0.15, -0.1) is 0 Å². The summed E-state index contributed by atoms with van der Waals surface area (Å²) in [5, 5.41) is 12.8. The molecule has 1 aromatic rings. The summed E-state index contributed by atoms with van der Waals surface area (Å²) in [6.45, 7) is 0.853. The first-order chi connectivity index (χ1) is 7.72. The third-order valence-electron chi connectivity index (χ3n) is 2.61. The summed E-state index contributed by atoms with van der Waals surface area (Å²) < 4.78 is 0. The van der Waals surface area contributed by atoms with E-state index in [4.69, 9.17) is 11.6 Å². The number of benzene rings is 1. The summed E-state index contributed by atoms with van der Waals surface area (Å²) in [5.41, 5.74) is 0.773. The number of rotatable bonds is 2. The minimum Gasteiger partial charge on any atom is -0.394 e. The number of amides is 1. The van der Waals surface area contributed by atoms with Crippen molar-refractivity contribution in [2.24, 2.45) is 0 Å². The zero-order valence-electron chi connectivity index (χ0n) is 8.69. The van der Waals surface area contributed by atoms with Crippen LogP contribution in [0.1, 0.15) is 0 Å². The highest BCUT2D eigenvalue weighted by molar-refractivity contribution is 6.30. The molecule has 0 unspecified atom stereocenters. The molecule has 2 N–H and O–H groups in total. The molecular weight excluding hydrogens is 228 g/mol. The number of carbonyl (C=O) groups excluding carboxylic acids is 1. The highest BCUT2D eigenvalue weighted by Crippen LogP contribution is 2.21. The molecule has 0 spiro atoms. The van der Waals surface area contributed by atoms with Gasteiger partial charge in [0, 0.05) is 17.3 Å². The predicted molar refractivity (Wildman–Crippen MR) is 62.7 cm³/mol. The van der Waals surface area contributed by atoms with Crippen LogP contribution in [-0.2, 0) is 4.79 Å². The minimum atomic E-state index is -0.206. The lowest BCUT2D eigenvalue weighted by Crippen LogP contribution is -2.56. The Bertz CT molecular complexity index is 380. The number of hydrogen-bond acceptors (Lipinski definition) is 3. The molecule has 1 aliphatic heterocycles. The third kappa shape index (κ3) is 2.19. The van der Waals surface area contributed by atoms with Crippen molar-refractivity contribution < 1.29 is 9.90 Å². The van der Waals surface area contributed by atoms with Gasteiger partial charge in [0.25, 0.3) is 0 Å². The maximum absolute atomic E-state index is 11.8. The first-order valence-corrected chi connectivity index (χ1v) is 5.49. The largest absolute Gasteiger partial charge is 0.394 e. The van der Waals surface area contributed by atoms with Gasteiger partial charge >= 0.3 is 0 Å². The van der Waals surface area contributed by atoms with Gasteiger partial charge in [0.05, 0.1) is 19.2 Å². The Labute approximate surface area is 98.8 Å². The van der Waals surface area contributed by atoms with Gasteiger partial charge in [-0.3, -0.25) is 4.79 Å². The van der Waals surface area contributed by atoms with E-state index in [-0.39, 0.29) is 18.6 Å². The maximum atomic E-state index is 11.8. The highest BCUT2D eigenvalue weighted by Gasteiger charge is 2.28. The van der Waals surface area contributed by atoms with E-state index in [2.05, 4.69) is 5.32 Å². The normalized spacial score (nSPS) is 21.2. The van der Waals surface area contributed by atoms with Gasteiger partial charge in [-0.2, -0.15) is 0 Å². The van der Waals surface area contributed by atoms with Gasteiger partial charge in [-0.1, -0.05) is 11.6 Å². The Hall–Kier alpha value is -1.10. The van der Waals surface area contributed by atoms with E-state index in [9.17, 15) is 9.90 Å². The zero-order chi connectivity index (χ0) is 11.5. The molecule has 86 valence electrons. The van der Waals surface area contributed by atoms with Crippen molar-refractivity contribution in [1.29, 1.82) is 0 Å². The quantitative estimate of drug-likeness (QED) is 0.798. The Morgan fingerprint density at radius 2 is 2.12 bits per heavy atom. The lowest BCUT2D eigenvalue weighted by molar-refractivity contribution is -0.119. The molecule has 1 amide bonds. The average molecular weight is 241 g/mol. The molecule has 5 heteroatoms. The number of carbonyl (C=O) groups is 1. The van der Waals surface area contributed by atoms with E-state index >= 15 is 0 Å². The van der Waals surface area contributed by atoms with E-state index < -0.39 is 0 Å². The minimum absolute atomic E-state index is 0.0346. The van der Waals surface area contributed by atoms with Gasteiger partial charge in [-0.05, 0) is 24.3 Å². The standard InChI is InChI=1S/C11H13ClN2O2/c12-8-1-3-9(4-2-8)14-10(7-15)5-13-6-11(14)16/h1-4,10,13,15H,5-7H2/t10-/m1/s1. The van der Waals surface area contributed by atoms with Gasteiger partial charge in [0.15, 0.2) is 0 Å². The number of aliphatic hydroxyl groups is 1. The van der Waals surface area contributed by atoms with Crippen LogP contribution < -0.4 is 10.2 Å². The second kappa shape index (κ2) is 4.82. The van der Waals surface area contributed by atoms with Crippen LogP contribution in [-0.4, -0.2) is 36.8 Å². The van der Waals surface area contributed by atoms with Crippen LogP contribution in [0.3, 0.4) is 0 Å². The SMILES string of the molecule is O=C1CNC[C@H](CO)N1c1ccc(Cl)cc1. The number of anilines is 1. The van der Waals surface area contributed by atoms with Crippen LogP contribution in [0.15, 0.2) is 24.3 Å². The molecule has 1 aromatic carbocycles. The molecular formula is C11H13ClN2O2. The van der Waals surface area contributed by atoms with E-state index in [0.717, 1.165) is 5.69 Å². The summed E-state index contributed by atoms with van der Waals surface area (Å²) in [7, 11) is 0. The Balaban J connectivity index is 2.28. The van der Waals surface area contributed by atoms with E-state index in [0.29, 0.717) is 18.1 Å². The number of halogens is 1. The molecule has 2 rings (SSSR count). The highest BCUT2D eigenvalue weighted by atomic mass is 35.5. The molecule has 0 saturated carbocycles. The van der Waals surface area contributed by atoms with Crippen molar-refractivity contribution in [3.63, 3.8) is 0 Å². The van der Waals surface area contributed by atoms with Crippen molar-refractivity contribution in [2.45, 2.75) is 6.04 Å². The predicted octanol–water partition coefficient (Wildman–Crippen LogP) is 0.637. The van der Waals surface area contributed by atoms with Crippen LogP contribution in [0, 0.1) is 0 Å². The molecule has 1 fully saturated rings. The molecule has 1 atom stereocenters. The third-order valence-corrected chi connectivity index (χ3v) is 2.86. The van der Waals surface area contributed by atoms with Gasteiger partial charge in [0.1, 0.15) is 0 Å². The number of nitrogens with zero attached hydrogens (tertiary/aromatic N) is 1. The lowest BCUT2D eigenvalue weighted by atomic mass is 10.1. The molecule has 1 saturated heterocycles. The second-order valence-electron chi connectivity index (χ2n) is 3.71. The fourth-order valence-electron chi connectivity index (χ4n) is 1.83. The summed E-state index contributed by atoms with van der Waals surface area (Å²) >= 11 is 5.79. The molecule has 4 nitrogen and oxygen atoms in total. The average Bonchev–Trinajstić information content (AvgIpc) is 2.30. The first kappa shape index (κ1) is 11.4. The summed E-state index contributed by atoms with van der Waals surface area (Å²) in [6, 6.07) is 6.84. The first-order valence-electron chi connectivity index (χ1n) is 5.11. The summed E-state index contributed by atoms with van der Waals surface area (Å²) in [6.07, 6.45) is 0. The molecule has 1 aliphatic rings. The van der Waals surface area contributed by atoms with E-state index in [1.165, 1.54) is 0 Å². The number of aliphatic hydroxyl groups excluding tert-OH is 1. The van der Waals surface area contributed by atoms with Crippen LogP contribution >= 0.6 is 11.6 Å². The number of nitrogens with one attached hydrogen (secondary N) is 1. The Morgan fingerprint density at radius 3 is 2.75 bits per heavy atom. The van der Waals surface area contributed by atoms with E-state index in [1.54, 1.807) is 29.2 Å². The molecule has 0 aliphatic carbocycles. The van der Waals surface area contributed by atoms with Crippen LogP contribution in [0.2, 0.25) is 5.02 Å². The number of hydrogen-bond donors (Lipinski definition) is 2. The Kier molecular flexibility index (Phi) is 3.43. The van der Waals surface area contributed by atoms with Gasteiger partial charge in [-0.25, -0.2) is 0 Å². The van der Waals surface area contributed by atoms with Gasteiger partial charge in [0.2, 0.25) is 5.91 Å². The molecule has 16 heavy (non-hydrogen) atoms.